The summed E-state index contributed by atoms with van der Waals surface area (Å²) in [6.45, 7) is 0. The molecule has 1 aliphatic rings. The number of fused-ring (bicyclic) bond motifs is 5. The minimum absolute atomic E-state index is 0.305. The van der Waals surface area contributed by atoms with E-state index in [0.29, 0.717) is 32.1 Å². The zero-order valence-electron chi connectivity index (χ0n) is 9.25. The molecule has 3 aromatic rings. The molecule has 0 atom stereocenters. The molecule has 18 heavy (non-hydrogen) atoms. The zero-order valence-corrected chi connectivity index (χ0v) is 10.1. The Kier molecular flexibility index (Phi) is 1.67. The molecule has 0 aliphatic carbocycles. The first-order chi connectivity index (χ1) is 8.69. The number of hydrogen-bond acceptors (Lipinski definition) is 3. The summed E-state index contributed by atoms with van der Waals surface area (Å²) in [7, 11) is -3.44. The minimum atomic E-state index is -3.44. The summed E-state index contributed by atoms with van der Waals surface area (Å²) in [5.41, 5.74) is 1.27. The average Bonchev–Trinajstić information content (AvgIpc) is 2.86. The lowest BCUT2D eigenvalue weighted by atomic mass is 10.1. The number of furan rings is 1. The molecule has 0 saturated carbocycles. The zero-order chi connectivity index (χ0) is 12.3. The third-order valence-electron chi connectivity index (χ3n) is 3.24. The van der Waals surface area contributed by atoms with Crippen molar-refractivity contribution in [3.63, 3.8) is 0 Å². The van der Waals surface area contributed by atoms with E-state index in [4.69, 9.17) is 4.42 Å². The second kappa shape index (κ2) is 3.03. The molecular formula is C14H8O3S. The number of para-hydroxylation sites is 1. The van der Waals surface area contributed by atoms with Crippen LogP contribution in [-0.4, -0.2) is 8.42 Å². The largest absolute Gasteiger partial charge is 0.455 e. The molecule has 3 nitrogen and oxygen atoms in total. The van der Waals surface area contributed by atoms with Gasteiger partial charge in [0.25, 0.3) is 0 Å². The van der Waals surface area contributed by atoms with Gasteiger partial charge in [-0.2, -0.15) is 0 Å². The number of hydrogen-bond donors (Lipinski definition) is 0. The van der Waals surface area contributed by atoms with E-state index in [1.807, 2.05) is 18.2 Å². The van der Waals surface area contributed by atoms with E-state index in [-0.39, 0.29) is 0 Å². The molecule has 0 bridgehead atoms. The maximum Gasteiger partial charge on any atom is 0.211 e. The minimum Gasteiger partial charge on any atom is -0.455 e. The second-order valence-corrected chi connectivity index (χ2v) is 6.11. The van der Waals surface area contributed by atoms with Gasteiger partial charge in [-0.3, -0.25) is 0 Å². The van der Waals surface area contributed by atoms with Crippen LogP contribution >= 0.6 is 0 Å². The average molecular weight is 256 g/mol. The molecule has 0 amide bonds. The van der Waals surface area contributed by atoms with Crippen molar-refractivity contribution in [1.82, 2.24) is 0 Å². The fraction of sp³-hybridized carbons (Fsp3) is 0. The Morgan fingerprint density at radius 1 is 0.889 bits per heavy atom. The molecular weight excluding hydrogens is 248 g/mol. The van der Waals surface area contributed by atoms with Gasteiger partial charge >= 0.3 is 0 Å². The molecule has 0 unspecified atom stereocenters. The van der Waals surface area contributed by atoms with Gasteiger partial charge in [-0.05, 0) is 24.3 Å². The predicted octanol–water partition coefficient (Wildman–Crippen LogP) is 3.25. The molecule has 88 valence electrons. The van der Waals surface area contributed by atoms with Crippen molar-refractivity contribution in [2.24, 2.45) is 0 Å². The van der Waals surface area contributed by atoms with E-state index in [2.05, 4.69) is 0 Å². The van der Waals surface area contributed by atoms with Crippen molar-refractivity contribution in [2.75, 3.05) is 0 Å². The molecule has 4 rings (SSSR count). The van der Waals surface area contributed by atoms with Crippen molar-refractivity contribution < 1.29 is 12.8 Å². The highest BCUT2D eigenvalue weighted by Crippen LogP contribution is 2.47. The Balaban J connectivity index is 2.28. The summed E-state index contributed by atoms with van der Waals surface area (Å²) < 4.78 is 30.7. The van der Waals surface area contributed by atoms with Crippen LogP contribution < -0.4 is 0 Å². The summed E-state index contributed by atoms with van der Waals surface area (Å²) in [4.78, 5) is 0.642. The van der Waals surface area contributed by atoms with Crippen LogP contribution in [0.15, 0.2) is 62.7 Å². The molecule has 1 aliphatic heterocycles. The van der Waals surface area contributed by atoms with Gasteiger partial charge in [0.2, 0.25) is 9.84 Å². The van der Waals surface area contributed by atoms with E-state index in [1.165, 1.54) is 0 Å². The molecule has 2 aromatic carbocycles. The van der Waals surface area contributed by atoms with Crippen molar-refractivity contribution in [3.8, 4) is 11.3 Å². The Labute approximate surface area is 104 Å². The summed E-state index contributed by atoms with van der Waals surface area (Å²) in [6, 6.07) is 14.2. The summed E-state index contributed by atoms with van der Waals surface area (Å²) in [6.07, 6.45) is 0. The Hall–Kier alpha value is -2.07. The van der Waals surface area contributed by atoms with Crippen LogP contribution in [0.25, 0.3) is 22.3 Å². The van der Waals surface area contributed by atoms with Crippen molar-refractivity contribution in [2.45, 2.75) is 9.79 Å². The third-order valence-corrected chi connectivity index (χ3v) is 5.12. The van der Waals surface area contributed by atoms with Crippen molar-refractivity contribution >= 4 is 20.8 Å². The van der Waals surface area contributed by atoms with E-state index >= 15 is 0 Å². The number of benzene rings is 2. The lowest BCUT2D eigenvalue weighted by Crippen LogP contribution is -1.96. The standard InChI is InChI=1S/C14H8O3S/c15-18(16)12-8-4-2-6-10(12)13-14(18)9-5-1-3-7-11(9)17-13/h1-8H. The van der Waals surface area contributed by atoms with E-state index in [0.717, 1.165) is 0 Å². The first-order valence-electron chi connectivity index (χ1n) is 5.55. The first kappa shape index (κ1) is 9.91. The fourth-order valence-electron chi connectivity index (χ4n) is 2.46. The third kappa shape index (κ3) is 1.01. The monoisotopic (exact) mass is 256 g/mol. The predicted molar refractivity (Wildman–Crippen MR) is 67.1 cm³/mol. The topological polar surface area (TPSA) is 47.3 Å². The maximum atomic E-state index is 12.5. The van der Waals surface area contributed by atoms with Gasteiger partial charge < -0.3 is 4.42 Å². The van der Waals surface area contributed by atoms with Crippen molar-refractivity contribution in [3.05, 3.63) is 48.5 Å². The Morgan fingerprint density at radius 2 is 1.61 bits per heavy atom. The molecule has 0 spiro atoms. The smallest absolute Gasteiger partial charge is 0.211 e. The summed E-state index contributed by atoms with van der Waals surface area (Å²) in [5.74, 6) is 0.465. The molecule has 0 saturated heterocycles. The molecule has 4 heteroatoms. The van der Waals surface area contributed by atoms with Gasteiger partial charge in [-0.25, -0.2) is 8.42 Å². The molecule has 2 heterocycles. The number of sulfone groups is 1. The van der Waals surface area contributed by atoms with Gasteiger partial charge in [0.15, 0.2) is 5.76 Å². The lowest BCUT2D eigenvalue weighted by Gasteiger charge is -1.98. The Bertz CT molecular complexity index is 888. The SMILES string of the molecule is O=S1(=O)c2ccccc2-c2oc3ccccc3c21. The number of rotatable bonds is 0. The van der Waals surface area contributed by atoms with Crippen LogP contribution in [0.4, 0.5) is 0 Å². The van der Waals surface area contributed by atoms with Crippen molar-refractivity contribution in [1.29, 1.82) is 0 Å². The van der Waals surface area contributed by atoms with Gasteiger partial charge in [-0.1, -0.05) is 24.3 Å². The van der Waals surface area contributed by atoms with Crippen LogP contribution in [0.3, 0.4) is 0 Å². The van der Waals surface area contributed by atoms with Crippen LogP contribution in [0.5, 0.6) is 0 Å². The van der Waals surface area contributed by atoms with Gasteiger partial charge in [0, 0.05) is 10.9 Å². The second-order valence-electron chi connectivity index (χ2n) is 4.26. The summed E-state index contributed by atoms with van der Waals surface area (Å²) in [5, 5.41) is 0.656. The van der Waals surface area contributed by atoms with Crippen LogP contribution in [0.2, 0.25) is 0 Å². The molecule has 1 aromatic heterocycles. The van der Waals surface area contributed by atoms with Gasteiger partial charge in [-0.15, -0.1) is 0 Å². The van der Waals surface area contributed by atoms with E-state index in [1.54, 1.807) is 30.3 Å². The highest BCUT2D eigenvalue weighted by Gasteiger charge is 2.37. The van der Waals surface area contributed by atoms with Crippen LogP contribution in [0.1, 0.15) is 0 Å². The summed E-state index contributed by atoms with van der Waals surface area (Å²) >= 11 is 0. The van der Waals surface area contributed by atoms with Gasteiger partial charge in [0.05, 0.1) is 4.90 Å². The normalized spacial score (nSPS) is 15.6. The molecule has 0 fully saturated rings. The Morgan fingerprint density at radius 3 is 2.50 bits per heavy atom. The lowest BCUT2D eigenvalue weighted by molar-refractivity contribution is 0.597. The van der Waals surface area contributed by atoms with Crippen LogP contribution in [-0.2, 0) is 9.84 Å². The van der Waals surface area contributed by atoms with E-state index < -0.39 is 9.84 Å². The fourth-order valence-corrected chi connectivity index (χ4v) is 4.25. The quantitative estimate of drug-likeness (QED) is 0.485. The highest BCUT2D eigenvalue weighted by atomic mass is 32.2. The first-order valence-corrected chi connectivity index (χ1v) is 7.04. The van der Waals surface area contributed by atoms with Crippen LogP contribution in [0, 0.1) is 0 Å². The molecule has 0 N–H and O–H groups in total. The highest BCUT2D eigenvalue weighted by molar-refractivity contribution is 7.92. The van der Waals surface area contributed by atoms with E-state index in [9.17, 15) is 8.42 Å². The molecule has 0 radical (unpaired) electrons. The van der Waals surface area contributed by atoms with Gasteiger partial charge in [0.1, 0.15) is 10.5 Å². The maximum absolute atomic E-state index is 12.5.